The second kappa shape index (κ2) is 14.1. The predicted octanol–water partition coefficient (Wildman–Crippen LogP) is 12.1. The third kappa shape index (κ3) is 5.48. The van der Waals surface area contributed by atoms with Gasteiger partial charge < -0.3 is 16.0 Å². The van der Waals surface area contributed by atoms with Crippen molar-refractivity contribution in [1.82, 2.24) is 15.6 Å². The monoisotopic (exact) mass is 810 g/mol. The molecule has 6 heteroatoms. The zero-order valence-corrected chi connectivity index (χ0v) is 34.4. The highest BCUT2D eigenvalue weighted by molar-refractivity contribution is 6.07. The molecule has 8 aromatic carbocycles. The van der Waals surface area contributed by atoms with Crippen molar-refractivity contribution in [3.05, 3.63) is 233 Å². The number of pyridine rings is 1. The van der Waals surface area contributed by atoms with E-state index in [0.29, 0.717) is 0 Å². The lowest BCUT2D eigenvalue weighted by atomic mass is 9.70. The SMILES string of the molecule is c1ccc(C2=NC(c3cc(-c4ccc5c(c4)C4(c6ccccc6-c6ccccc64)c4ccccc4-5)cc(-c4cc5c(c6cccnc46)NCCN5)c3)NC(c3ccccc3)N2)cc1. The maximum Gasteiger partial charge on any atom is 0.131 e. The van der Waals surface area contributed by atoms with Crippen LogP contribution in [0.3, 0.4) is 0 Å². The molecular formula is C57H42N6. The molecule has 6 nitrogen and oxygen atoms in total. The van der Waals surface area contributed by atoms with Crippen LogP contribution in [0.2, 0.25) is 0 Å². The van der Waals surface area contributed by atoms with E-state index in [0.717, 1.165) is 80.1 Å². The van der Waals surface area contributed by atoms with Gasteiger partial charge in [0.05, 0.1) is 22.3 Å². The molecule has 13 rings (SSSR count). The molecule has 0 bridgehead atoms. The summed E-state index contributed by atoms with van der Waals surface area (Å²) in [6.07, 6.45) is 1.38. The minimum absolute atomic E-state index is 0.168. The zero-order valence-electron chi connectivity index (χ0n) is 34.4. The van der Waals surface area contributed by atoms with E-state index in [4.69, 9.17) is 9.98 Å². The van der Waals surface area contributed by atoms with E-state index >= 15 is 0 Å². The number of fused-ring (bicyclic) bond motifs is 13. The minimum Gasteiger partial charge on any atom is -0.382 e. The Bertz CT molecular complexity index is 3260. The summed E-state index contributed by atoms with van der Waals surface area (Å²) < 4.78 is 0. The lowest BCUT2D eigenvalue weighted by Gasteiger charge is -2.32. The summed E-state index contributed by atoms with van der Waals surface area (Å²) in [6.45, 7) is 1.71. The number of hydrogen-bond acceptors (Lipinski definition) is 6. The standard InChI is InChI=1S/C57H42N6/c1-3-14-35(15-4-1)54-61-55(36-16-5-2-6-17-36)63-56(62-54)40-31-38(30-39(32-40)46-34-51-53(60-29-28-58-51)45-21-13-27-59-52(45)46)37-25-26-44-43-20-9-12-24-49(43)57(50(44)33-37)47-22-10-7-18-41(47)42-19-8-11-23-48(42)57/h1-27,30-34,54,56,58,60,62H,28-29H2,(H,61,63). The van der Waals surface area contributed by atoms with Crippen LogP contribution in [0, 0.1) is 0 Å². The highest BCUT2D eigenvalue weighted by Gasteiger charge is 2.51. The molecule has 4 aliphatic rings. The average Bonchev–Trinajstić information content (AvgIpc) is 3.83. The molecular weight excluding hydrogens is 769 g/mol. The van der Waals surface area contributed by atoms with Gasteiger partial charge in [0.2, 0.25) is 0 Å². The Morgan fingerprint density at radius 3 is 1.83 bits per heavy atom. The molecule has 3 heterocycles. The van der Waals surface area contributed by atoms with E-state index in [1.54, 1.807) is 0 Å². The van der Waals surface area contributed by atoms with Crippen molar-refractivity contribution in [3.8, 4) is 44.5 Å². The van der Waals surface area contributed by atoms with E-state index in [-0.39, 0.29) is 12.3 Å². The molecule has 1 aromatic heterocycles. The highest BCUT2D eigenvalue weighted by Crippen LogP contribution is 2.63. The summed E-state index contributed by atoms with van der Waals surface area (Å²) in [5, 5.41) is 16.1. The first-order valence-corrected chi connectivity index (χ1v) is 21.9. The molecule has 300 valence electrons. The Hall–Kier alpha value is -7.80. The number of amidine groups is 1. The summed E-state index contributed by atoms with van der Waals surface area (Å²) in [5.41, 5.74) is 20.9. The van der Waals surface area contributed by atoms with Crippen LogP contribution >= 0.6 is 0 Å². The lowest BCUT2D eigenvalue weighted by Crippen LogP contribution is -2.44. The van der Waals surface area contributed by atoms with E-state index in [2.05, 4.69) is 203 Å². The molecule has 0 amide bonds. The van der Waals surface area contributed by atoms with Crippen molar-refractivity contribution >= 4 is 28.1 Å². The fourth-order valence-corrected chi connectivity index (χ4v) is 10.9. The molecule has 0 saturated heterocycles. The van der Waals surface area contributed by atoms with Gasteiger partial charge in [-0.2, -0.15) is 0 Å². The molecule has 2 aliphatic carbocycles. The number of rotatable bonds is 5. The van der Waals surface area contributed by atoms with E-state index in [9.17, 15) is 0 Å². The first-order chi connectivity index (χ1) is 31.2. The van der Waals surface area contributed by atoms with E-state index < -0.39 is 5.41 Å². The highest BCUT2D eigenvalue weighted by atomic mass is 15.3. The van der Waals surface area contributed by atoms with Gasteiger partial charge in [0.15, 0.2) is 0 Å². The topological polar surface area (TPSA) is 73.4 Å². The quantitative estimate of drug-likeness (QED) is 0.139. The maximum absolute atomic E-state index is 5.45. The summed E-state index contributed by atoms with van der Waals surface area (Å²) in [6, 6.07) is 68.8. The Kier molecular flexibility index (Phi) is 8.05. The average molecular weight is 811 g/mol. The van der Waals surface area contributed by atoms with Crippen LogP contribution in [0.15, 0.2) is 199 Å². The number of aliphatic imine (C=N–C) groups is 1. The van der Waals surface area contributed by atoms with E-state index in [1.165, 1.54) is 44.5 Å². The molecule has 2 atom stereocenters. The first-order valence-electron chi connectivity index (χ1n) is 21.9. The van der Waals surface area contributed by atoms with Crippen LogP contribution in [-0.4, -0.2) is 23.9 Å². The van der Waals surface area contributed by atoms with Gasteiger partial charge in [-0.25, -0.2) is 4.99 Å². The van der Waals surface area contributed by atoms with Crippen molar-refractivity contribution in [2.75, 3.05) is 23.7 Å². The number of anilines is 2. The number of nitrogens with one attached hydrogen (secondary N) is 4. The van der Waals surface area contributed by atoms with Crippen LogP contribution in [0.4, 0.5) is 11.4 Å². The number of aromatic nitrogens is 1. The van der Waals surface area contributed by atoms with Crippen molar-refractivity contribution < 1.29 is 0 Å². The number of nitrogens with zero attached hydrogens (tertiary/aromatic N) is 2. The normalized spacial score (nSPS) is 17.3. The largest absolute Gasteiger partial charge is 0.382 e. The molecule has 2 aliphatic heterocycles. The predicted molar refractivity (Wildman–Crippen MR) is 257 cm³/mol. The second-order valence-corrected chi connectivity index (χ2v) is 17.0. The van der Waals surface area contributed by atoms with Crippen molar-refractivity contribution in [2.24, 2.45) is 4.99 Å². The van der Waals surface area contributed by atoms with Crippen LogP contribution in [0.5, 0.6) is 0 Å². The molecule has 9 aromatic rings. The maximum atomic E-state index is 5.45. The van der Waals surface area contributed by atoms with Crippen molar-refractivity contribution in [3.63, 3.8) is 0 Å². The third-order valence-electron chi connectivity index (χ3n) is 13.6. The van der Waals surface area contributed by atoms with Gasteiger partial charge in [-0.3, -0.25) is 10.3 Å². The summed E-state index contributed by atoms with van der Waals surface area (Å²) in [7, 11) is 0. The lowest BCUT2D eigenvalue weighted by molar-refractivity contribution is 0.409. The van der Waals surface area contributed by atoms with Crippen LogP contribution in [-0.2, 0) is 5.41 Å². The van der Waals surface area contributed by atoms with Gasteiger partial charge in [0.25, 0.3) is 0 Å². The van der Waals surface area contributed by atoms with Crippen LogP contribution in [0.1, 0.15) is 51.3 Å². The summed E-state index contributed by atoms with van der Waals surface area (Å²) >= 11 is 0. The molecule has 4 N–H and O–H groups in total. The Morgan fingerprint density at radius 1 is 0.460 bits per heavy atom. The van der Waals surface area contributed by atoms with Gasteiger partial charge in [-0.05, 0) is 115 Å². The molecule has 2 unspecified atom stereocenters. The minimum atomic E-state index is -0.443. The Labute approximate surface area is 366 Å². The Balaban J connectivity index is 1.05. The summed E-state index contributed by atoms with van der Waals surface area (Å²) in [4.78, 5) is 10.5. The fourth-order valence-electron chi connectivity index (χ4n) is 10.9. The molecule has 0 radical (unpaired) electrons. The smallest absolute Gasteiger partial charge is 0.131 e. The van der Waals surface area contributed by atoms with Gasteiger partial charge in [0.1, 0.15) is 18.2 Å². The molecule has 0 fully saturated rings. The zero-order chi connectivity index (χ0) is 41.5. The van der Waals surface area contributed by atoms with Crippen molar-refractivity contribution in [2.45, 2.75) is 17.7 Å². The van der Waals surface area contributed by atoms with Gasteiger partial charge in [-0.1, -0.05) is 146 Å². The van der Waals surface area contributed by atoms with Gasteiger partial charge in [0, 0.05) is 35.8 Å². The van der Waals surface area contributed by atoms with Crippen LogP contribution < -0.4 is 21.3 Å². The number of benzene rings is 8. The van der Waals surface area contributed by atoms with E-state index in [1.807, 2.05) is 12.3 Å². The molecule has 0 saturated carbocycles. The fraction of sp³-hybridized carbons (Fsp3) is 0.0877. The van der Waals surface area contributed by atoms with Gasteiger partial charge >= 0.3 is 0 Å². The number of hydrogen-bond donors (Lipinski definition) is 4. The first kappa shape index (κ1) is 35.9. The molecule has 1 spiro atoms. The van der Waals surface area contributed by atoms with Crippen molar-refractivity contribution in [1.29, 1.82) is 0 Å². The second-order valence-electron chi connectivity index (χ2n) is 17.0. The van der Waals surface area contributed by atoms with Crippen LogP contribution in [0.25, 0.3) is 55.4 Å². The third-order valence-corrected chi connectivity index (χ3v) is 13.6. The van der Waals surface area contributed by atoms with Gasteiger partial charge in [-0.15, -0.1) is 0 Å². The molecule has 63 heavy (non-hydrogen) atoms. The summed E-state index contributed by atoms with van der Waals surface area (Å²) in [5.74, 6) is 0.854. The Morgan fingerprint density at radius 2 is 1.10 bits per heavy atom.